The fourth-order valence-corrected chi connectivity index (χ4v) is 2.34. The maximum atomic E-state index is 12.4. The number of carbonyl (C=O) groups is 1. The lowest BCUT2D eigenvalue weighted by Gasteiger charge is -2.30. The lowest BCUT2D eigenvalue weighted by atomic mass is 9.74. The van der Waals surface area contributed by atoms with Gasteiger partial charge in [0.05, 0.1) is 0 Å². The van der Waals surface area contributed by atoms with Gasteiger partial charge in [0.15, 0.2) is 5.78 Å². The highest BCUT2D eigenvalue weighted by molar-refractivity contribution is 6.00. The molecule has 1 aliphatic carbocycles. The fourth-order valence-electron chi connectivity index (χ4n) is 2.34. The van der Waals surface area contributed by atoms with Crippen molar-refractivity contribution in [2.24, 2.45) is 11.1 Å². The van der Waals surface area contributed by atoms with Crippen LogP contribution in [0.2, 0.25) is 0 Å². The summed E-state index contributed by atoms with van der Waals surface area (Å²) in [6, 6.07) is 0. The average molecular weight is 209 g/mol. The monoisotopic (exact) mass is 209 g/mol. The van der Waals surface area contributed by atoms with E-state index in [-0.39, 0.29) is 5.41 Å². The Kier molecular flexibility index (Phi) is 4.52. The normalized spacial score (nSPS) is 17.4. The van der Waals surface area contributed by atoms with E-state index in [9.17, 15) is 4.79 Å². The quantitative estimate of drug-likeness (QED) is 0.756. The fraction of sp³-hybridized carbons (Fsp3) is 0.769. The van der Waals surface area contributed by atoms with Crippen LogP contribution in [0.15, 0.2) is 11.6 Å². The molecule has 0 spiro atoms. The molecule has 0 aromatic rings. The number of ketones is 1. The molecule has 1 rings (SSSR count). The third kappa shape index (κ3) is 2.49. The number of hydrogen-bond acceptors (Lipinski definition) is 2. The van der Waals surface area contributed by atoms with Crippen LogP contribution in [0.4, 0.5) is 0 Å². The molecular weight excluding hydrogens is 186 g/mol. The Morgan fingerprint density at radius 2 is 2.07 bits per heavy atom. The number of carbonyl (C=O) groups excluding carboxylic acids is 1. The summed E-state index contributed by atoms with van der Waals surface area (Å²) in [4.78, 5) is 12.4. The second-order valence-electron chi connectivity index (χ2n) is 4.50. The van der Waals surface area contributed by atoms with Gasteiger partial charge in [-0.2, -0.15) is 0 Å². The number of hydrogen-bond donors (Lipinski definition) is 1. The van der Waals surface area contributed by atoms with Crippen molar-refractivity contribution in [3.63, 3.8) is 0 Å². The van der Waals surface area contributed by atoms with Crippen LogP contribution >= 0.6 is 0 Å². The Morgan fingerprint density at radius 3 is 2.47 bits per heavy atom. The summed E-state index contributed by atoms with van der Waals surface area (Å²) in [6.45, 7) is 4.62. The molecule has 0 fully saturated rings. The summed E-state index contributed by atoms with van der Waals surface area (Å²) >= 11 is 0. The topological polar surface area (TPSA) is 43.1 Å². The second kappa shape index (κ2) is 5.45. The van der Waals surface area contributed by atoms with Crippen molar-refractivity contribution in [2.45, 2.75) is 52.4 Å². The van der Waals surface area contributed by atoms with Gasteiger partial charge in [-0.15, -0.1) is 0 Å². The first-order valence-electron chi connectivity index (χ1n) is 6.14. The minimum atomic E-state index is -0.289. The van der Waals surface area contributed by atoms with E-state index in [4.69, 9.17) is 5.73 Å². The van der Waals surface area contributed by atoms with Crippen molar-refractivity contribution < 1.29 is 4.79 Å². The van der Waals surface area contributed by atoms with Gasteiger partial charge in [-0.25, -0.2) is 0 Å². The van der Waals surface area contributed by atoms with E-state index in [1.165, 1.54) is 6.42 Å². The van der Waals surface area contributed by atoms with Gasteiger partial charge in [0.1, 0.15) is 0 Å². The highest BCUT2D eigenvalue weighted by atomic mass is 16.1. The molecule has 0 aromatic carbocycles. The average Bonchev–Trinajstić information content (AvgIpc) is 2.33. The number of Topliss-reactive ketones (excluding diaryl/α,β-unsaturated/α-hetero) is 1. The molecule has 0 aliphatic heterocycles. The van der Waals surface area contributed by atoms with Gasteiger partial charge in [-0.05, 0) is 44.1 Å². The first-order valence-corrected chi connectivity index (χ1v) is 6.14. The van der Waals surface area contributed by atoms with E-state index < -0.39 is 0 Å². The maximum Gasteiger partial charge on any atom is 0.165 e. The highest BCUT2D eigenvalue weighted by Crippen LogP contribution is 2.32. The second-order valence-corrected chi connectivity index (χ2v) is 4.50. The molecule has 0 aromatic heterocycles. The van der Waals surface area contributed by atoms with Gasteiger partial charge in [-0.3, -0.25) is 4.79 Å². The van der Waals surface area contributed by atoms with Gasteiger partial charge >= 0.3 is 0 Å². The molecule has 0 heterocycles. The third-order valence-corrected chi connectivity index (χ3v) is 3.81. The summed E-state index contributed by atoms with van der Waals surface area (Å²) in [5.41, 5.74) is 6.54. The van der Waals surface area contributed by atoms with E-state index >= 15 is 0 Å². The van der Waals surface area contributed by atoms with E-state index in [1.54, 1.807) is 0 Å². The molecule has 0 bridgehead atoms. The minimum Gasteiger partial charge on any atom is -0.329 e. The van der Waals surface area contributed by atoms with E-state index in [2.05, 4.69) is 19.9 Å². The molecule has 0 saturated carbocycles. The van der Waals surface area contributed by atoms with Crippen molar-refractivity contribution in [3.8, 4) is 0 Å². The SMILES string of the molecule is CCC(CC)(CN)C(=O)C1=CCCCC1. The first kappa shape index (κ1) is 12.4. The zero-order chi connectivity index (χ0) is 11.3. The maximum absolute atomic E-state index is 12.4. The third-order valence-electron chi connectivity index (χ3n) is 3.81. The van der Waals surface area contributed by atoms with Crippen LogP contribution in [0.25, 0.3) is 0 Å². The molecule has 1 aliphatic rings. The van der Waals surface area contributed by atoms with Gasteiger partial charge in [0.25, 0.3) is 0 Å². The predicted octanol–water partition coefficient (Wildman–Crippen LogP) is 2.82. The summed E-state index contributed by atoms with van der Waals surface area (Å²) in [6.07, 6.45) is 8.25. The van der Waals surface area contributed by atoms with Crippen LogP contribution in [0.1, 0.15) is 52.4 Å². The Morgan fingerprint density at radius 1 is 1.40 bits per heavy atom. The standard InChI is InChI=1S/C13H23NO/c1-3-13(4-2,10-14)12(15)11-8-6-5-7-9-11/h8H,3-7,9-10,14H2,1-2H3. The summed E-state index contributed by atoms with van der Waals surface area (Å²) in [5, 5.41) is 0. The molecule has 86 valence electrons. The molecule has 0 radical (unpaired) electrons. The Hall–Kier alpha value is -0.630. The molecule has 0 unspecified atom stereocenters. The zero-order valence-corrected chi connectivity index (χ0v) is 10.0. The van der Waals surface area contributed by atoms with Crippen LogP contribution < -0.4 is 5.73 Å². The van der Waals surface area contributed by atoms with Crippen molar-refractivity contribution in [2.75, 3.05) is 6.54 Å². The van der Waals surface area contributed by atoms with Crippen LogP contribution in [0.3, 0.4) is 0 Å². The number of allylic oxidation sites excluding steroid dienone is 2. The smallest absolute Gasteiger partial charge is 0.165 e. The molecule has 0 amide bonds. The van der Waals surface area contributed by atoms with Crippen molar-refractivity contribution in [3.05, 3.63) is 11.6 Å². The van der Waals surface area contributed by atoms with Crippen LogP contribution in [-0.2, 0) is 4.79 Å². The Labute approximate surface area is 92.9 Å². The highest BCUT2D eigenvalue weighted by Gasteiger charge is 2.35. The van der Waals surface area contributed by atoms with Crippen LogP contribution in [0, 0.1) is 5.41 Å². The largest absolute Gasteiger partial charge is 0.329 e. The summed E-state index contributed by atoms with van der Waals surface area (Å²) in [5.74, 6) is 0.315. The van der Waals surface area contributed by atoms with Gasteiger partial charge in [0, 0.05) is 12.0 Å². The first-order chi connectivity index (χ1) is 7.20. The number of rotatable bonds is 5. The zero-order valence-electron chi connectivity index (χ0n) is 10.0. The number of nitrogens with two attached hydrogens (primary N) is 1. The van der Waals surface area contributed by atoms with Crippen LogP contribution in [-0.4, -0.2) is 12.3 Å². The Balaban J connectivity index is 2.84. The Bertz CT molecular complexity index is 243. The molecule has 0 atom stereocenters. The van der Waals surface area contributed by atoms with E-state index in [0.29, 0.717) is 12.3 Å². The summed E-state index contributed by atoms with van der Waals surface area (Å²) in [7, 11) is 0. The molecular formula is C13H23NO. The van der Waals surface area contributed by atoms with Crippen molar-refractivity contribution >= 4 is 5.78 Å². The molecule has 15 heavy (non-hydrogen) atoms. The minimum absolute atomic E-state index is 0.289. The van der Waals surface area contributed by atoms with E-state index in [1.807, 2.05) is 0 Å². The molecule has 2 N–H and O–H groups in total. The molecule has 2 nitrogen and oxygen atoms in total. The lowest BCUT2D eigenvalue weighted by Crippen LogP contribution is -2.38. The van der Waals surface area contributed by atoms with Crippen molar-refractivity contribution in [1.29, 1.82) is 0 Å². The van der Waals surface area contributed by atoms with Crippen molar-refractivity contribution in [1.82, 2.24) is 0 Å². The predicted molar refractivity (Wildman–Crippen MR) is 63.6 cm³/mol. The van der Waals surface area contributed by atoms with Gasteiger partial charge in [0.2, 0.25) is 0 Å². The summed E-state index contributed by atoms with van der Waals surface area (Å²) < 4.78 is 0. The van der Waals surface area contributed by atoms with E-state index in [0.717, 1.165) is 37.7 Å². The van der Waals surface area contributed by atoms with Gasteiger partial charge in [-0.1, -0.05) is 19.9 Å². The molecule has 0 saturated heterocycles. The van der Waals surface area contributed by atoms with Gasteiger partial charge < -0.3 is 5.73 Å². The van der Waals surface area contributed by atoms with Crippen LogP contribution in [0.5, 0.6) is 0 Å². The molecule has 2 heteroatoms. The lowest BCUT2D eigenvalue weighted by molar-refractivity contribution is -0.125.